The number of hydrogen-bond acceptors (Lipinski definition) is 8. The maximum Gasteiger partial charge on any atom is 0.326 e. The monoisotopic (exact) mass is 515 g/mol. The lowest BCUT2D eigenvalue weighted by molar-refractivity contribution is -0.142. The Morgan fingerprint density at radius 3 is 1.92 bits per heavy atom. The van der Waals surface area contributed by atoms with Crippen molar-refractivity contribution in [1.82, 2.24) is 16.0 Å². The van der Waals surface area contributed by atoms with Crippen LogP contribution in [0.4, 0.5) is 0 Å². The average Bonchev–Trinajstić information content (AvgIpc) is 2.77. The van der Waals surface area contributed by atoms with Crippen LogP contribution in [0.3, 0.4) is 0 Å². The van der Waals surface area contributed by atoms with Crippen LogP contribution in [0.15, 0.2) is 4.99 Å². The number of aliphatic imine (C=N–C) groups is 1. The number of primary amides is 1. The number of carbonyl (C=O) groups is 5. The van der Waals surface area contributed by atoms with Gasteiger partial charge in [-0.2, -0.15) is 0 Å². The second-order valence-corrected chi connectivity index (χ2v) is 8.70. The van der Waals surface area contributed by atoms with Crippen molar-refractivity contribution in [1.29, 1.82) is 0 Å². The van der Waals surface area contributed by atoms with Crippen LogP contribution >= 0.6 is 0 Å². The predicted octanol–water partition coefficient (Wildman–Crippen LogP) is -3.43. The Bertz CT molecular complexity index is 786. The average molecular weight is 516 g/mol. The lowest BCUT2D eigenvalue weighted by Gasteiger charge is -2.27. The maximum atomic E-state index is 13.0. The Kier molecular flexibility index (Phi) is 15.4. The van der Waals surface area contributed by atoms with Crippen LogP contribution in [0.1, 0.15) is 52.4 Å². The Morgan fingerprint density at radius 2 is 1.42 bits per heavy atom. The zero-order chi connectivity index (χ0) is 27.8. The molecule has 4 atom stereocenters. The van der Waals surface area contributed by atoms with Crippen LogP contribution in [0.2, 0.25) is 0 Å². The van der Waals surface area contributed by atoms with Gasteiger partial charge in [-0.3, -0.25) is 24.2 Å². The van der Waals surface area contributed by atoms with Gasteiger partial charge in [0.05, 0.1) is 12.5 Å². The second kappa shape index (κ2) is 17.0. The van der Waals surface area contributed by atoms with Gasteiger partial charge in [0.15, 0.2) is 5.96 Å². The normalized spacial score (nSPS) is 14.1. The maximum absolute atomic E-state index is 13.0. The minimum atomic E-state index is -1.27. The number of guanidine groups is 1. The van der Waals surface area contributed by atoms with Gasteiger partial charge < -0.3 is 49.7 Å². The van der Waals surface area contributed by atoms with Crippen molar-refractivity contribution in [2.24, 2.45) is 39.6 Å². The van der Waals surface area contributed by atoms with Crippen LogP contribution in [-0.4, -0.2) is 77.9 Å². The lowest BCUT2D eigenvalue weighted by Crippen LogP contribution is -2.58. The van der Waals surface area contributed by atoms with Gasteiger partial charge in [0.1, 0.15) is 18.1 Å². The Balaban J connectivity index is 5.50. The standard InChI is InChI=1S/C21H41N9O6/c1-11(2)16(19(34)29-14(20(35)36)6-3-4-8-22)30-18(33)13(7-5-9-27-21(25)26)28-17(32)12(23)10-15(24)31/h11-14,16H,3-10,22-23H2,1-2H3,(H2,24,31)(H,28,32)(H,29,34)(H,30,33)(H,35,36)(H4,25,26,27). The molecule has 0 saturated carbocycles. The first kappa shape index (κ1) is 32.5. The Morgan fingerprint density at radius 1 is 0.833 bits per heavy atom. The van der Waals surface area contributed by atoms with Gasteiger partial charge in [0.2, 0.25) is 23.6 Å². The summed E-state index contributed by atoms with van der Waals surface area (Å²) >= 11 is 0. The molecule has 15 heteroatoms. The SMILES string of the molecule is CC(C)C(NC(=O)C(CCCN=C(N)N)NC(=O)C(N)CC(N)=O)C(=O)NC(CCCCN)C(=O)O. The lowest BCUT2D eigenvalue weighted by atomic mass is 10.0. The van der Waals surface area contributed by atoms with Crippen molar-refractivity contribution >= 4 is 35.6 Å². The van der Waals surface area contributed by atoms with E-state index in [1.165, 1.54) is 0 Å². The molecule has 0 radical (unpaired) electrons. The third-order valence-corrected chi connectivity index (χ3v) is 5.14. The van der Waals surface area contributed by atoms with E-state index in [9.17, 15) is 29.1 Å². The van der Waals surface area contributed by atoms with Crippen molar-refractivity contribution < 1.29 is 29.1 Å². The number of hydrogen-bond donors (Lipinski definition) is 9. The number of unbranched alkanes of at least 4 members (excludes halogenated alkanes) is 1. The number of amides is 4. The highest BCUT2D eigenvalue weighted by atomic mass is 16.4. The van der Waals surface area contributed by atoms with E-state index < -0.39 is 66.1 Å². The molecule has 0 spiro atoms. The number of nitrogens with two attached hydrogens (primary N) is 5. The summed E-state index contributed by atoms with van der Waals surface area (Å²) in [5.74, 6) is -4.73. The molecule has 0 aromatic heterocycles. The first-order valence-corrected chi connectivity index (χ1v) is 11.7. The van der Waals surface area contributed by atoms with Gasteiger partial charge in [-0.05, 0) is 44.6 Å². The third-order valence-electron chi connectivity index (χ3n) is 5.14. The van der Waals surface area contributed by atoms with Gasteiger partial charge in [0.25, 0.3) is 0 Å². The van der Waals surface area contributed by atoms with E-state index in [1.807, 2.05) is 0 Å². The first-order valence-electron chi connectivity index (χ1n) is 11.7. The Hall–Kier alpha value is -3.46. The zero-order valence-electron chi connectivity index (χ0n) is 20.9. The molecule has 0 aliphatic heterocycles. The van der Waals surface area contributed by atoms with Gasteiger partial charge in [-0.1, -0.05) is 13.8 Å². The van der Waals surface area contributed by atoms with Crippen LogP contribution in [-0.2, 0) is 24.0 Å². The largest absolute Gasteiger partial charge is 0.480 e. The van der Waals surface area contributed by atoms with Crippen LogP contribution in [0.25, 0.3) is 0 Å². The smallest absolute Gasteiger partial charge is 0.326 e. The number of rotatable bonds is 18. The van der Waals surface area contributed by atoms with E-state index in [0.29, 0.717) is 25.8 Å². The third kappa shape index (κ3) is 13.4. The van der Waals surface area contributed by atoms with Gasteiger partial charge in [0, 0.05) is 6.54 Å². The fourth-order valence-corrected chi connectivity index (χ4v) is 3.16. The minimum absolute atomic E-state index is 0.0842. The van der Waals surface area contributed by atoms with Gasteiger partial charge in [-0.15, -0.1) is 0 Å². The van der Waals surface area contributed by atoms with E-state index >= 15 is 0 Å². The molecule has 36 heavy (non-hydrogen) atoms. The molecule has 0 aromatic carbocycles. The first-order chi connectivity index (χ1) is 16.8. The molecule has 14 N–H and O–H groups in total. The molecule has 15 nitrogen and oxygen atoms in total. The fourth-order valence-electron chi connectivity index (χ4n) is 3.16. The number of nitrogens with zero attached hydrogens (tertiary/aromatic N) is 1. The molecule has 0 heterocycles. The highest BCUT2D eigenvalue weighted by Gasteiger charge is 2.31. The summed E-state index contributed by atoms with van der Waals surface area (Å²) in [6, 6.07) is -4.65. The summed E-state index contributed by atoms with van der Waals surface area (Å²) in [5.41, 5.74) is 26.8. The molecule has 206 valence electrons. The van der Waals surface area contributed by atoms with Crippen molar-refractivity contribution in [2.45, 2.75) is 76.5 Å². The molecule has 0 rings (SSSR count). The highest BCUT2D eigenvalue weighted by Crippen LogP contribution is 2.08. The van der Waals surface area contributed by atoms with Crippen LogP contribution in [0, 0.1) is 5.92 Å². The number of nitrogens with one attached hydrogen (secondary N) is 3. The molecule has 0 aliphatic rings. The van der Waals surface area contributed by atoms with Crippen molar-refractivity contribution in [2.75, 3.05) is 13.1 Å². The molecular weight excluding hydrogens is 474 g/mol. The van der Waals surface area contributed by atoms with Crippen molar-refractivity contribution in [3.63, 3.8) is 0 Å². The molecule has 4 amide bonds. The molecule has 0 fully saturated rings. The summed E-state index contributed by atoms with van der Waals surface area (Å²) in [7, 11) is 0. The van der Waals surface area contributed by atoms with Gasteiger partial charge in [-0.25, -0.2) is 4.79 Å². The van der Waals surface area contributed by atoms with Crippen molar-refractivity contribution in [3.8, 4) is 0 Å². The summed E-state index contributed by atoms with van der Waals surface area (Å²) in [6.07, 6.45) is 1.23. The zero-order valence-corrected chi connectivity index (χ0v) is 20.9. The molecule has 0 aliphatic carbocycles. The second-order valence-electron chi connectivity index (χ2n) is 8.70. The van der Waals surface area contributed by atoms with Crippen LogP contribution in [0.5, 0.6) is 0 Å². The number of carboxylic acid groups (broad SMARTS) is 1. The van der Waals surface area contributed by atoms with E-state index in [2.05, 4.69) is 20.9 Å². The van der Waals surface area contributed by atoms with E-state index in [0.717, 1.165) is 0 Å². The van der Waals surface area contributed by atoms with E-state index in [4.69, 9.17) is 28.7 Å². The summed E-state index contributed by atoms with van der Waals surface area (Å²) in [5, 5.41) is 16.9. The topological polar surface area (TPSA) is 284 Å². The van der Waals surface area contributed by atoms with E-state index in [1.54, 1.807) is 13.8 Å². The number of carboxylic acids is 1. The summed E-state index contributed by atoms with van der Waals surface area (Å²) < 4.78 is 0. The molecular formula is C21H41N9O6. The summed E-state index contributed by atoms with van der Waals surface area (Å²) in [6.45, 7) is 3.91. The predicted molar refractivity (Wildman–Crippen MR) is 133 cm³/mol. The fraction of sp³-hybridized carbons (Fsp3) is 0.714. The Labute approximate surface area is 210 Å². The van der Waals surface area contributed by atoms with Gasteiger partial charge >= 0.3 is 5.97 Å². The molecule has 0 saturated heterocycles. The highest BCUT2D eigenvalue weighted by molar-refractivity contribution is 5.95. The summed E-state index contributed by atoms with van der Waals surface area (Å²) in [4.78, 5) is 64.7. The number of aliphatic carboxylic acids is 1. The molecule has 0 aromatic rings. The quantitative estimate of drug-likeness (QED) is 0.0494. The molecule has 4 unspecified atom stereocenters. The van der Waals surface area contributed by atoms with E-state index in [-0.39, 0.29) is 25.3 Å². The van der Waals surface area contributed by atoms with Crippen LogP contribution < -0.4 is 44.6 Å². The molecule has 0 bridgehead atoms. The minimum Gasteiger partial charge on any atom is -0.480 e. The number of carbonyl (C=O) groups excluding carboxylic acids is 4. The van der Waals surface area contributed by atoms with Crippen molar-refractivity contribution in [3.05, 3.63) is 0 Å².